The summed E-state index contributed by atoms with van der Waals surface area (Å²) in [6.45, 7) is 2.07. The predicted octanol–water partition coefficient (Wildman–Crippen LogP) is 9.60. The summed E-state index contributed by atoms with van der Waals surface area (Å²) in [7, 11) is 0. The second-order valence-electron chi connectivity index (χ2n) is 7.57. The van der Waals surface area contributed by atoms with Crippen LogP contribution in [0.4, 0.5) is 71.5 Å². The van der Waals surface area contributed by atoms with Crippen LogP contribution < -0.4 is 5.32 Å². The van der Waals surface area contributed by atoms with Gasteiger partial charge in [0.05, 0.1) is 87.3 Å². The van der Waals surface area contributed by atoms with Gasteiger partial charge in [-0.15, -0.1) is 30.0 Å². The minimum absolute atomic E-state index is 0. The van der Waals surface area contributed by atoms with E-state index in [2.05, 4.69) is 24.4 Å². The number of hydrogen-bond acceptors (Lipinski definition) is 2. The van der Waals surface area contributed by atoms with Crippen molar-refractivity contribution in [2.45, 2.75) is 6.92 Å². The fourth-order valence-corrected chi connectivity index (χ4v) is 2.63. The van der Waals surface area contributed by atoms with Crippen molar-refractivity contribution in [3.63, 3.8) is 0 Å². The monoisotopic (exact) mass is 895 g/mol. The Morgan fingerprint density at radius 2 is 0.739 bits per heavy atom. The van der Waals surface area contributed by atoms with Crippen molar-refractivity contribution in [2.24, 2.45) is 0 Å². The molecule has 0 heterocycles. The van der Waals surface area contributed by atoms with Crippen LogP contribution in [0.3, 0.4) is 0 Å². The summed E-state index contributed by atoms with van der Waals surface area (Å²) in [5.74, 6) is -30.1. The van der Waals surface area contributed by atoms with Gasteiger partial charge in [0.2, 0.25) is 0 Å². The van der Waals surface area contributed by atoms with Gasteiger partial charge in [-0.2, -0.15) is 0 Å². The van der Waals surface area contributed by atoms with E-state index in [0.717, 1.165) is 28.2 Å². The number of anilines is 1. The third-order valence-corrected chi connectivity index (χ3v) is 5.53. The molecule has 0 fully saturated rings. The van der Waals surface area contributed by atoms with Crippen molar-refractivity contribution in [2.75, 3.05) is 11.6 Å². The Labute approximate surface area is 275 Å². The van der Waals surface area contributed by atoms with Crippen LogP contribution in [0, 0.1) is 112 Å². The zero-order chi connectivity index (χ0) is 34.8. The molecule has 0 aliphatic heterocycles. The summed E-state index contributed by atoms with van der Waals surface area (Å²) in [6, 6.07) is 11.2. The SMILES string of the molecule is CSC(=S)Nc1ccc(C)cc1.Fc1[c-]c(F)c(F)c(F)c1F.Fc1[c-]c(F)c(F)c(F)c1F.Fc1[c-]c(F)c(F)c(F)c1F.[Au+3]. The van der Waals surface area contributed by atoms with Gasteiger partial charge in [-0.3, -0.25) is 26.3 Å². The number of thiocarbonyl (C=S) groups is 1. The third kappa shape index (κ3) is 12.2. The van der Waals surface area contributed by atoms with Crippen molar-refractivity contribution < 1.29 is 88.2 Å². The molecule has 0 radical (unpaired) electrons. The van der Waals surface area contributed by atoms with Crippen molar-refractivity contribution in [3.8, 4) is 0 Å². The maximum atomic E-state index is 12.0. The zero-order valence-electron chi connectivity index (χ0n) is 22.1. The largest absolute Gasteiger partial charge is 3.00 e. The quantitative estimate of drug-likeness (QED) is 0.0511. The smallest absolute Gasteiger partial charge is 0.341 e. The Morgan fingerprint density at radius 3 is 0.957 bits per heavy atom. The first-order chi connectivity index (χ1) is 20.8. The van der Waals surface area contributed by atoms with Crippen molar-refractivity contribution in [3.05, 3.63) is 135 Å². The van der Waals surface area contributed by atoms with Crippen LogP contribution in [0.15, 0.2) is 24.3 Å². The molecule has 0 aromatic heterocycles. The standard InChI is InChI=1S/C9H11NS2.3C6F5.Au/c1-7-3-5-8(6-4-7)10-9(11)12-2;3*7-2-1-3(8)5(10)6(11)4(2)9;/h3-6H,1-2H3,(H,10,11);;;;/q;3*-1;+3. The number of nitrogens with one attached hydrogen (secondary N) is 1. The summed E-state index contributed by atoms with van der Waals surface area (Å²) in [5, 5.41) is 3.11. The van der Waals surface area contributed by atoms with Crippen LogP contribution in [0.25, 0.3) is 0 Å². The van der Waals surface area contributed by atoms with Crippen LogP contribution in [-0.4, -0.2) is 10.6 Å². The van der Waals surface area contributed by atoms with Crippen molar-refractivity contribution in [1.82, 2.24) is 0 Å². The number of benzene rings is 4. The van der Waals surface area contributed by atoms with E-state index in [0.29, 0.717) is 0 Å². The number of aryl methyl sites for hydroxylation is 1. The van der Waals surface area contributed by atoms with E-state index in [9.17, 15) is 65.9 Å². The first-order valence-corrected chi connectivity index (χ1v) is 12.6. The third-order valence-electron chi connectivity index (χ3n) is 4.45. The van der Waals surface area contributed by atoms with Gasteiger partial charge in [-0.1, -0.05) is 29.9 Å². The topological polar surface area (TPSA) is 12.0 Å². The first-order valence-electron chi connectivity index (χ1n) is 11.0. The molecule has 0 spiro atoms. The van der Waals surface area contributed by atoms with Gasteiger partial charge in [-0.25, -0.2) is 39.5 Å². The van der Waals surface area contributed by atoms with Gasteiger partial charge >= 0.3 is 22.4 Å². The van der Waals surface area contributed by atoms with Gasteiger partial charge < -0.3 is 5.32 Å². The Balaban J connectivity index is 0.000000583. The Morgan fingerprint density at radius 1 is 0.500 bits per heavy atom. The van der Waals surface area contributed by atoms with E-state index in [1.807, 2.05) is 18.4 Å². The number of rotatable bonds is 1. The summed E-state index contributed by atoms with van der Waals surface area (Å²) in [5.41, 5.74) is 2.32. The normalized spacial score (nSPS) is 9.85. The Bertz CT molecular complexity index is 1430. The number of hydrogen-bond donors (Lipinski definition) is 1. The molecule has 1 nitrogen and oxygen atoms in total. The fraction of sp³-hybridized carbons (Fsp3) is 0.0741. The van der Waals surface area contributed by atoms with E-state index < -0.39 is 87.3 Å². The molecule has 0 amide bonds. The molecule has 4 aromatic carbocycles. The summed E-state index contributed by atoms with van der Waals surface area (Å²) < 4.78 is 180. The molecule has 0 aliphatic rings. The molecule has 19 heteroatoms. The second-order valence-corrected chi connectivity index (χ2v) is 9.05. The molecular weight excluding hydrogens is 884 g/mol. The molecule has 0 unspecified atom stereocenters. The van der Waals surface area contributed by atoms with Crippen molar-refractivity contribution >= 4 is 34.0 Å². The Hall–Kier alpha value is -3.19. The molecule has 1 N–H and O–H groups in total. The van der Waals surface area contributed by atoms with Gasteiger partial charge in [0, 0.05) is 5.69 Å². The van der Waals surface area contributed by atoms with Crippen LogP contribution in [0.5, 0.6) is 0 Å². The van der Waals surface area contributed by atoms with Crippen LogP contribution in [-0.2, 0) is 22.4 Å². The van der Waals surface area contributed by atoms with E-state index in [-0.39, 0.29) is 22.4 Å². The second kappa shape index (κ2) is 19.5. The minimum atomic E-state index is -2.17. The molecule has 0 atom stereocenters. The maximum Gasteiger partial charge on any atom is 3.00 e. The zero-order valence-corrected chi connectivity index (χ0v) is 25.9. The molecule has 4 aromatic rings. The molecule has 46 heavy (non-hydrogen) atoms. The van der Waals surface area contributed by atoms with Gasteiger partial charge in [0.1, 0.15) is 4.32 Å². The van der Waals surface area contributed by atoms with Crippen LogP contribution >= 0.6 is 24.0 Å². The predicted molar refractivity (Wildman–Crippen MR) is 136 cm³/mol. The van der Waals surface area contributed by atoms with E-state index in [1.54, 1.807) is 11.8 Å². The van der Waals surface area contributed by atoms with Gasteiger partial charge in [0.15, 0.2) is 0 Å². The fourth-order valence-electron chi connectivity index (χ4n) is 2.29. The molecule has 0 saturated heterocycles. The van der Waals surface area contributed by atoms with Crippen LogP contribution in [0.1, 0.15) is 5.56 Å². The van der Waals surface area contributed by atoms with E-state index in [4.69, 9.17) is 12.2 Å². The van der Waals surface area contributed by atoms with Crippen LogP contribution in [0.2, 0.25) is 0 Å². The number of thioether (sulfide) groups is 1. The molecule has 0 bridgehead atoms. The molecule has 0 saturated carbocycles. The van der Waals surface area contributed by atoms with E-state index in [1.165, 1.54) is 5.56 Å². The molecule has 252 valence electrons. The average molecular weight is 895 g/mol. The molecular formula is C27H11AuF15NS2. The summed E-state index contributed by atoms with van der Waals surface area (Å²) >= 11 is 6.57. The summed E-state index contributed by atoms with van der Waals surface area (Å²) in [6.07, 6.45) is 1.96. The number of halogens is 15. The van der Waals surface area contributed by atoms with Crippen molar-refractivity contribution in [1.29, 1.82) is 0 Å². The van der Waals surface area contributed by atoms with Gasteiger partial charge in [0.25, 0.3) is 0 Å². The maximum absolute atomic E-state index is 12.0. The molecule has 4 rings (SSSR count). The summed E-state index contributed by atoms with van der Waals surface area (Å²) in [4.78, 5) is 0. The minimum Gasteiger partial charge on any atom is -0.341 e. The Kier molecular flexibility index (Phi) is 18.1. The van der Waals surface area contributed by atoms with Gasteiger partial charge in [-0.05, 0) is 25.3 Å². The molecule has 0 aliphatic carbocycles. The van der Waals surface area contributed by atoms with E-state index >= 15 is 0 Å². The first kappa shape index (κ1) is 42.8. The average Bonchev–Trinajstić information content (AvgIpc) is 3.01.